The van der Waals surface area contributed by atoms with Gasteiger partial charge in [-0.15, -0.1) is 0 Å². The minimum Gasteiger partial charge on any atom is -0.325 e. The number of amides is 1. The number of benzene rings is 1. The van der Waals surface area contributed by atoms with Gasteiger partial charge in [-0.25, -0.2) is 12.8 Å². The maximum absolute atomic E-state index is 13.2. The van der Waals surface area contributed by atoms with E-state index in [0.717, 1.165) is 12.3 Å². The topological polar surface area (TPSA) is 87.0 Å². The normalized spacial score (nSPS) is 10.7. The summed E-state index contributed by atoms with van der Waals surface area (Å²) in [6.45, 7) is 0. The number of halogens is 1. The Bertz CT molecular complexity index is 605. The smallest absolute Gasteiger partial charge is 0.225 e. The molecule has 0 unspecified atom stereocenters. The molecule has 1 aromatic carbocycles. The number of nitrogens with one attached hydrogen (secondary N) is 1. The summed E-state index contributed by atoms with van der Waals surface area (Å²) in [5.74, 6) is -1.61. The molecule has 0 atom stereocenters. The van der Waals surface area contributed by atoms with Crippen LogP contribution >= 0.6 is 0 Å². The Morgan fingerprint density at radius 1 is 1.50 bits per heavy atom. The lowest BCUT2D eigenvalue weighted by molar-refractivity contribution is -0.115. The van der Waals surface area contributed by atoms with Gasteiger partial charge in [0.1, 0.15) is 27.3 Å². The van der Waals surface area contributed by atoms with Crippen molar-refractivity contribution >= 4 is 21.4 Å². The third kappa shape index (κ3) is 4.14. The van der Waals surface area contributed by atoms with Gasteiger partial charge in [0.2, 0.25) is 5.91 Å². The van der Waals surface area contributed by atoms with Crippen LogP contribution < -0.4 is 5.32 Å². The molecule has 0 radical (unpaired) electrons. The summed E-state index contributed by atoms with van der Waals surface area (Å²) >= 11 is 0. The van der Waals surface area contributed by atoms with E-state index in [1.807, 2.05) is 0 Å². The van der Waals surface area contributed by atoms with E-state index in [1.54, 1.807) is 6.07 Å². The minimum atomic E-state index is -3.24. The standard InChI is InChI=1S/C11H11FN2O3S/c1-18(16,17)6-5-11(15)14-10-4-2-3-9(12)8(10)7-13/h2-4H,5-6H2,1H3,(H,14,15). The number of anilines is 1. The molecule has 0 bridgehead atoms. The highest BCUT2D eigenvalue weighted by molar-refractivity contribution is 7.90. The lowest BCUT2D eigenvalue weighted by Crippen LogP contribution is -2.17. The minimum absolute atomic E-state index is 0.0380. The lowest BCUT2D eigenvalue weighted by Gasteiger charge is -2.06. The summed E-state index contributed by atoms with van der Waals surface area (Å²) in [5, 5.41) is 11.0. The van der Waals surface area contributed by atoms with Crippen molar-refractivity contribution in [3.05, 3.63) is 29.6 Å². The van der Waals surface area contributed by atoms with Gasteiger partial charge in [-0.3, -0.25) is 4.79 Å². The van der Waals surface area contributed by atoms with Crippen LogP contribution in [0.2, 0.25) is 0 Å². The molecule has 0 spiro atoms. The molecule has 7 heteroatoms. The van der Waals surface area contributed by atoms with Crippen LogP contribution in [0.4, 0.5) is 10.1 Å². The Kier molecular flexibility index (Phi) is 4.39. The predicted molar refractivity (Wildman–Crippen MR) is 64.1 cm³/mol. The van der Waals surface area contributed by atoms with Crippen molar-refractivity contribution in [2.24, 2.45) is 0 Å². The third-order valence-electron chi connectivity index (χ3n) is 2.10. The van der Waals surface area contributed by atoms with Gasteiger partial charge < -0.3 is 5.32 Å². The van der Waals surface area contributed by atoms with Gasteiger partial charge in [-0.1, -0.05) is 6.07 Å². The summed E-state index contributed by atoms with van der Waals surface area (Å²) in [4.78, 5) is 11.4. The van der Waals surface area contributed by atoms with Crippen molar-refractivity contribution in [2.75, 3.05) is 17.3 Å². The van der Waals surface area contributed by atoms with Crippen molar-refractivity contribution in [1.82, 2.24) is 0 Å². The largest absolute Gasteiger partial charge is 0.325 e. The second-order valence-corrected chi connectivity index (χ2v) is 5.96. The van der Waals surface area contributed by atoms with E-state index in [4.69, 9.17) is 5.26 Å². The first-order valence-corrected chi connectivity index (χ1v) is 7.06. The van der Waals surface area contributed by atoms with Gasteiger partial charge in [-0.2, -0.15) is 5.26 Å². The fourth-order valence-electron chi connectivity index (χ4n) is 1.23. The maximum Gasteiger partial charge on any atom is 0.225 e. The van der Waals surface area contributed by atoms with Crippen LogP contribution in [0.1, 0.15) is 12.0 Å². The summed E-state index contributed by atoms with van der Waals surface area (Å²) in [5.41, 5.74) is -0.235. The van der Waals surface area contributed by atoms with E-state index in [9.17, 15) is 17.6 Å². The number of nitrogens with zero attached hydrogens (tertiary/aromatic N) is 1. The van der Waals surface area contributed by atoms with Crippen LogP contribution in [0, 0.1) is 17.1 Å². The number of carbonyl (C=O) groups is 1. The Morgan fingerprint density at radius 2 is 2.17 bits per heavy atom. The Hall–Kier alpha value is -1.94. The molecule has 0 aliphatic rings. The van der Waals surface area contributed by atoms with Gasteiger partial charge >= 0.3 is 0 Å². The molecule has 0 fully saturated rings. The first-order chi connectivity index (χ1) is 8.33. The molecule has 1 aromatic rings. The molecule has 0 aliphatic heterocycles. The number of sulfone groups is 1. The average molecular weight is 270 g/mol. The Morgan fingerprint density at radius 3 is 2.72 bits per heavy atom. The molecule has 1 rings (SSSR count). The summed E-state index contributed by atoms with van der Waals surface area (Å²) in [7, 11) is -3.24. The second kappa shape index (κ2) is 5.60. The van der Waals surface area contributed by atoms with Gasteiger partial charge in [0.15, 0.2) is 0 Å². The predicted octanol–water partition coefficient (Wildman–Crippen LogP) is 1.07. The van der Waals surface area contributed by atoms with E-state index in [1.165, 1.54) is 12.1 Å². The highest BCUT2D eigenvalue weighted by atomic mass is 32.2. The molecule has 0 saturated carbocycles. The lowest BCUT2D eigenvalue weighted by atomic mass is 10.2. The molecule has 1 N–H and O–H groups in total. The summed E-state index contributed by atoms with van der Waals surface area (Å²) < 4.78 is 35.0. The highest BCUT2D eigenvalue weighted by Crippen LogP contribution is 2.17. The van der Waals surface area contributed by atoms with E-state index < -0.39 is 21.6 Å². The molecular weight excluding hydrogens is 259 g/mol. The summed E-state index contributed by atoms with van der Waals surface area (Å²) in [6, 6.07) is 5.46. The van der Waals surface area contributed by atoms with Crippen molar-refractivity contribution in [2.45, 2.75) is 6.42 Å². The Balaban J connectivity index is 2.77. The molecule has 5 nitrogen and oxygen atoms in total. The van der Waals surface area contributed by atoms with E-state index in [0.29, 0.717) is 0 Å². The second-order valence-electron chi connectivity index (χ2n) is 3.70. The van der Waals surface area contributed by atoms with Gasteiger partial charge in [0.05, 0.1) is 11.4 Å². The molecule has 1 amide bonds. The van der Waals surface area contributed by atoms with Crippen molar-refractivity contribution in [3.8, 4) is 6.07 Å². The molecular formula is C11H11FN2O3S. The summed E-state index contributed by atoms with van der Waals surface area (Å²) in [6.07, 6.45) is 0.781. The molecule has 0 aromatic heterocycles. The number of hydrogen-bond donors (Lipinski definition) is 1. The number of hydrogen-bond acceptors (Lipinski definition) is 4. The number of carbonyl (C=O) groups excluding carboxylic acids is 1. The zero-order valence-corrected chi connectivity index (χ0v) is 10.4. The quantitative estimate of drug-likeness (QED) is 0.886. The van der Waals surface area contributed by atoms with Crippen LogP contribution in [0.5, 0.6) is 0 Å². The zero-order chi connectivity index (χ0) is 13.8. The van der Waals surface area contributed by atoms with Crippen molar-refractivity contribution in [3.63, 3.8) is 0 Å². The molecule has 0 aliphatic carbocycles. The van der Waals surface area contributed by atoms with Gasteiger partial charge in [-0.05, 0) is 12.1 Å². The maximum atomic E-state index is 13.2. The van der Waals surface area contributed by atoms with Crippen LogP contribution in [0.25, 0.3) is 0 Å². The number of rotatable bonds is 4. The number of nitriles is 1. The SMILES string of the molecule is CS(=O)(=O)CCC(=O)Nc1cccc(F)c1C#N. The monoisotopic (exact) mass is 270 g/mol. The van der Waals surface area contributed by atoms with Crippen molar-refractivity contribution in [1.29, 1.82) is 5.26 Å². The van der Waals surface area contributed by atoms with E-state index in [-0.39, 0.29) is 23.4 Å². The fraction of sp³-hybridized carbons (Fsp3) is 0.273. The molecule has 96 valence electrons. The highest BCUT2D eigenvalue weighted by Gasteiger charge is 2.12. The first kappa shape index (κ1) is 14.1. The molecule has 18 heavy (non-hydrogen) atoms. The van der Waals surface area contributed by atoms with Gasteiger partial charge in [0, 0.05) is 12.7 Å². The van der Waals surface area contributed by atoms with E-state index in [2.05, 4.69) is 5.32 Å². The first-order valence-electron chi connectivity index (χ1n) is 4.99. The third-order valence-corrected chi connectivity index (χ3v) is 3.05. The molecule has 0 saturated heterocycles. The fourth-order valence-corrected chi connectivity index (χ4v) is 1.79. The van der Waals surface area contributed by atoms with Crippen molar-refractivity contribution < 1.29 is 17.6 Å². The Labute approximate surface area is 104 Å². The van der Waals surface area contributed by atoms with Crippen LogP contribution in [-0.2, 0) is 14.6 Å². The zero-order valence-electron chi connectivity index (χ0n) is 9.60. The van der Waals surface area contributed by atoms with E-state index >= 15 is 0 Å². The molecule has 0 heterocycles. The van der Waals surface area contributed by atoms with Crippen LogP contribution in [0.3, 0.4) is 0 Å². The van der Waals surface area contributed by atoms with Crippen LogP contribution in [0.15, 0.2) is 18.2 Å². The average Bonchev–Trinajstić information content (AvgIpc) is 2.26. The van der Waals surface area contributed by atoms with Crippen LogP contribution in [-0.4, -0.2) is 26.3 Å². The van der Waals surface area contributed by atoms with Gasteiger partial charge in [0.25, 0.3) is 0 Å².